The average molecular weight is 345 g/mol. The van der Waals surface area contributed by atoms with Gasteiger partial charge in [-0.2, -0.15) is 5.10 Å². The van der Waals surface area contributed by atoms with E-state index in [9.17, 15) is 4.79 Å². The first-order valence-electron chi connectivity index (χ1n) is 7.26. The molecule has 0 radical (unpaired) electrons. The van der Waals surface area contributed by atoms with Crippen LogP contribution in [-0.4, -0.2) is 36.6 Å². The maximum Gasteiger partial charge on any atom is 0.253 e. The monoisotopic (exact) mass is 345 g/mol. The van der Waals surface area contributed by atoms with Crippen molar-refractivity contribution in [3.05, 3.63) is 48.2 Å². The number of pyridine rings is 1. The van der Waals surface area contributed by atoms with Crippen molar-refractivity contribution in [2.24, 2.45) is 5.10 Å². The highest BCUT2D eigenvalue weighted by Gasteiger charge is 2.14. The lowest BCUT2D eigenvalue weighted by Gasteiger charge is -2.09. The lowest BCUT2D eigenvalue weighted by molar-refractivity contribution is -0.120. The molecule has 2 aromatic rings. The molecule has 1 amide bonds. The highest BCUT2D eigenvalue weighted by Crippen LogP contribution is 2.22. The van der Waals surface area contributed by atoms with E-state index in [-0.39, 0.29) is 11.2 Å². The van der Waals surface area contributed by atoms with Gasteiger partial charge in [0.2, 0.25) is 0 Å². The van der Waals surface area contributed by atoms with Crippen LogP contribution in [0.15, 0.2) is 52.7 Å². The molecule has 7 heteroatoms. The van der Waals surface area contributed by atoms with Crippen molar-refractivity contribution in [1.82, 2.24) is 10.4 Å². The molecule has 0 aliphatic carbocycles. The zero-order valence-corrected chi connectivity index (χ0v) is 14.5. The third-order valence-corrected chi connectivity index (χ3v) is 4.17. The number of aromatic nitrogens is 1. The maximum absolute atomic E-state index is 12.1. The summed E-state index contributed by atoms with van der Waals surface area (Å²) in [6.07, 6.45) is 3.22. The predicted octanol–water partition coefficient (Wildman–Crippen LogP) is 2.73. The Morgan fingerprint density at radius 3 is 2.79 bits per heavy atom. The van der Waals surface area contributed by atoms with Crippen LogP contribution in [-0.2, 0) is 4.79 Å². The molecule has 0 aliphatic rings. The number of carbonyl (C=O) groups excluding carboxylic acids is 1. The van der Waals surface area contributed by atoms with Crippen molar-refractivity contribution in [3.8, 4) is 11.5 Å². The van der Waals surface area contributed by atoms with E-state index in [4.69, 9.17) is 9.47 Å². The van der Waals surface area contributed by atoms with E-state index < -0.39 is 0 Å². The standard InChI is InChI=1S/C17H19N3O3S/c1-12(24-16-6-4-5-9-18-16)17(21)20-19-11-13-10-14(22-2)7-8-15(13)23-3/h4-12H,1-3H3,(H,20,21)/b19-11-/t12-/m1/s1. The number of rotatable bonds is 7. The lowest BCUT2D eigenvalue weighted by Crippen LogP contribution is -2.26. The van der Waals surface area contributed by atoms with Gasteiger partial charge in [0.15, 0.2) is 0 Å². The third-order valence-electron chi connectivity index (χ3n) is 3.12. The van der Waals surface area contributed by atoms with Crippen molar-refractivity contribution in [1.29, 1.82) is 0 Å². The van der Waals surface area contributed by atoms with Crippen LogP contribution < -0.4 is 14.9 Å². The second kappa shape index (κ2) is 8.93. The van der Waals surface area contributed by atoms with Crippen LogP contribution in [0.4, 0.5) is 0 Å². The van der Waals surface area contributed by atoms with Crippen LogP contribution in [0, 0.1) is 0 Å². The van der Waals surface area contributed by atoms with Crippen LogP contribution in [0.25, 0.3) is 0 Å². The van der Waals surface area contributed by atoms with Gasteiger partial charge in [0.25, 0.3) is 5.91 Å². The summed E-state index contributed by atoms with van der Waals surface area (Å²) in [5.74, 6) is 1.12. The summed E-state index contributed by atoms with van der Waals surface area (Å²) in [5, 5.41) is 4.47. The number of carbonyl (C=O) groups is 1. The van der Waals surface area contributed by atoms with Crippen molar-refractivity contribution >= 4 is 23.9 Å². The Bertz CT molecular complexity index is 707. The van der Waals surface area contributed by atoms with E-state index in [1.807, 2.05) is 18.2 Å². The fraction of sp³-hybridized carbons (Fsp3) is 0.235. The number of ether oxygens (including phenoxy) is 2. The Kier molecular flexibility index (Phi) is 6.62. The second-order valence-electron chi connectivity index (χ2n) is 4.77. The van der Waals surface area contributed by atoms with Gasteiger partial charge in [-0.15, -0.1) is 0 Å². The number of thioether (sulfide) groups is 1. The minimum Gasteiger partial charge on any atom is -0.497 e. The molecule has 1 aromatic carbocycles. The zero-order valence-electron chi connectivity index (χ0n) is 13.7. The van der Waals surface area contributed by atoms with Crippen LogP contribution in [0.2, 0.25) is 0 Å². The topological polar surface area (TPSA) is 72.8 Å². The van der Waals surface area contributed by atoms with Crippen molar-refractivity contribution in [2.75, 3.05) is 14.2 Å². The molecule has 6 nitrogen and oxygen atoms in total. The zero-order chi connectivity index (χ0) is 17.4. The Hall–Kier alpha value is -2.54. The Morgan fingerprint density at radius 2 is 2.12 bits per heavy atom. The van der Waals surface area contributed by atoms with Crippen molar-refractivity contribution < 1.29 is 14.3 Å². The first kappa shape index (κ1) is 17.8. The van der Waals surface area contributed by atoms with Gasteiger partial charge in [0.05, 0.1) is 30.7 Å². The van der Waals surface area contributed by atoms with Gasteiger partial charge < -0.3 is 9.47 Å². The summed E-state index contributed by atoms with van der Waals surface area (Å²) >= 11 is 1.37. The molecule has 0 aliphatic heterocycles. The number of hydrogen-bond acceptors (Lipinski definition) is 6. The SMILES string of the molecule is COc1ccc(OC)c(/C=N\NC(=O)[C@@H](C)Sc2ccccn2)c1. The fourth-order valence-electron chi connectivity index (χ4n) is 1.85. The molecule has 0 saturated heterocycles. The minimum atomic E-state index is -0.316. The molecule has 0 unspecified atom stereocenters. The Balaban J connectivity index is 1.96. The number of methoxy groups -OCH3 is 2. The molecule has 2 rings (SSSR count). The van der Waals surface area contributed by atoms with Gasteiger partial charge in [0, 0.05) is 11.8 Å². The van der Waals surface area contributed by atoms with Gasteiger partial charge in [-0.3, -0.25) is 4.79 Å². The fourth-order valence-corrected chi connectivity index (χ4v) is 2.65. The highest BCUT2D eigenvalue weighted by atomic mass is 32.2. The average Bonchev–Trinajstić information content (AvgIpc) is 2.62. The number of nitrogens with zero attached hydrogens (tertiary/aromatic N) is 2. The predicted molar refractivity (Wildman–Crippen MR) is 94.8 cm³/mol. The Morgan fingerprint density at radius 1 is 1.29 bits per heavy atom. The third kappa shape index (κ3) is 4.99. The van der Waals surface area contributed by atoms with E-state index in [1.165, 1.54) is 18.0 Å². The quantitative estimate of drug-likeness (QED) is 0.474. The number of nitrogens with one attached hydrogen (secondary N) is 1. The first-order valence-corrected chi connectivity index (χ1v) is 8.14. The van der Waals surface area contributed by atoms with E-state index in [2.05, 4.69) is 15.5 Å². The molecule has 24 heavy (non-hydrogen) atoms. The molecule has 0 bridgehead atoms. The van der Waals surface area contributed by atoms with Crippen LogP contribution in [0.1, 0.15) is 12.5 Å². The Labute approximate surface area is 145 Å². The van der Waals surface area contributed by atoms with Gasteiger partial charge in [-0.05, 0) is 37.3 Å². The van der Waals surface area contributed by atoms with Gasteiger partial charge in [-0.1, -0.05) is 17.8 Å². The molecular weight excluding hydrogens is 326 g/mol. The van der Waals surface area contributed by atoms with E-state index in [0.717, 1.165) is 5.03 Å². The number of hydrogen-bond donors (Lipinski definition) is 1. The number of benzene rings is 1. The molecule has 0 fully saturated rings. The normalized spacial score (nSPS) is 12.0. The summed E-state index contributed by atoms with van der Waals surface area (Å²) in [4.78, 5) is 16.3. The molecule has 0 spiro atoms. The van der Waals surface area contributed by atoms with Gasteiger partial charge in [0.1, 0.15) is 11.5 Å². The molecular formula is C17H19N3O3S. The summed E-state index contributed by atoms with van der Waals surface area (Å²) in [7, 11) is 3.16. The van der Waals surface area contributed by atoms with Gasteiger partial charge in [-0.25, -0.2) is 10.4 Å². The van der Waals surface area contributed by atoms with Crippen LogP contribution in [0.3, 0.4) is 0 Å². The molecule has 1 aromatic heterocycles. The smallest absolute Gasteiger partial charge is 0.253 e. The van der Waals surface area contributed by atoms with Gasteiger partial charge >= 0.3 is 0 Å². The largest absolute Gasteiger partial charge is 0.497 e. The van der Waals surface area contributed by atoms with Crippen LogP contribution in [0.5, 0.6) is 11.5 Å². The molecule has 1 N–H and O–H groups in total. The van der Waals surface area contributed by atoms with E-state index >= 15 is 0 Å². The molecule has 1 heterocycles. The summed E-state index contributed by atoms with van der Waals surface area (Å²) < 4.78 is 10.4. The maximum atomic E-state index is 12.1. The molecule has 0 saturated carbocycles. The summed E-state index contributed by atoms with van der Waals surface area (Å²) in [6, 6.07) is 10.9. The van der Waals surface area contributed by atoms with E-state index in [0.29, 0.717) is 17.1 Å². The number of amides is 1. The second-order valence-corrected chi connectivity index (χ2v) is 6.13. The highest BCUT2D eigenvalue weighted by molar-refractivity contribution is 8.00. The lowest BCUT2D eigenvalue weighted by atomic mass is 10.2. The van der Waals surface area contributed by atoms with E-state index in [1.54, 1.807) is 45.5 Å². The first-order chi connectivity index (χ1) is 11.6. The van der Waals surface area contributed by atoms with Crippen molar-refractivity contribution in [3.63, 3.8) is 0 Å². The van der Waals surface area contributed by atoms with Crippen molar-refractivity contribution in [2.45, 2.75) is 17.2 Å². The summed E-state index contributed by atoms with van der Waals surface area (Å²) in [6.45, 7) is 1.80. The molecule has 126 valence electrons. The molecule has 1 atom stereocenters. The number of hydrazone groups is 1. The van der Waals surface area contributed by atoms with Crippen LogP contribution >= 0.6 is 11.8 Å². The summed E-state index contributed by atoms with van der Waals surface area (Å²) in [5.41, 5.74) is 3.24. The minimum absolute atomic E-state index is 0.205.